The molecule has 0 amide bonds. The van der Waals surface area contributed by atoms with Gasteiger partial charge in [0.2, 0.25) is 10.6 Å². The third-order valence-corrected chi connectivity index (χ3v) is 3.56. The molecule has 6 nitrogen and oxygen atoms in total. The quantitative estimate of drug-likeness (QED) is 0.574. The van der Waals surface area contributed by atoms with E-state index in [4.69, 9.17) is 12.2 Å². The largest absolute Gasteiger partial charge is 0.282 e. The lowest BCUT2D eigenvalue weighted by atomic mass is 10.1. The van der Waals surface area contributed by atoms with E-state index < -0.39 is 0 Å². The lowest BCUT2D eigenvalue weighted by Gasteiger charge is -1.99. The highest BCUT2D eigenvalue weighted by atomic mass is 32.1. The predicted octanol–water partition coefficient (Wildman–Crippen LogP) is 3.08. The molecule has 0 saturated heterocycles. The molecule has 112 valence electrons. The van der Waals surface area contributed by atoms with Crippen molar-refractivity contribution in [3.63, 3.8) is 0 Å². The second-order valence-corrected chi connectivity index (χ2v) is 5.33. The molecule has 0 bridgehead atoms. The van der Waals surface area contributed by atoms with Gasteiger partial charge in [-0.3, -0.25) is 5.10 Å². The van der Waals surface area contributed by atoms with E-state index in [0.29, 0.717) is 16.3 Å². The van der Waals surface area contributed by atoms with Gasteiger partial charge in [-0.05, 0) is 42.8 Å². The topological polar surface area (TPSA) is 74.7 Å². The average Bonchev–Trinajstić information content (AvgIpc) is 3.11. The number of rotatable bonds is 4. The maximum Gasteiger partial charge on any atom is 0.216 e. The molecule has 0 atom stereocenters. The molecule has 3 aromatic rings. The molecule has 22 heavy (non-hydrogen) atoms. The number of aromatic amines is 2. The zero-order valence-electron chi connectivity index (χ0n) is 12.4. The van der Waals surface area contributed by atoms with Crippen LogP contribution < -0.4 is 0 Å². The fourth-order valence-corrected chi connectivity index (χ4v) is 2.24. The Labute approximate surface area is 132 Å². The molecule has 0 fully saturated rings. The molecule has 2 aromatic heterocycles. The zero-order valence-corrected chi connectivity index (χ0v) is 13.2. The Morgan fingerprint density at radius 1 is 1.23 bits per heavy atom. The Hall–Kier alpha value is -2.54. The van der Waals surface area contributed by atoms with Crippen molar-refractivity contribution < 1.29 is 0 Å². The lowest BCUT2D eigenvalue weighted by Crippen LogP contribution is -1.95. The summed E-state index contributed by atoms with van der Waals surface area (Å²) in [5.41, 5.74) is 3.95. The van der Waals surface area contributed by atoms with Gasteiger partial charge in [-0.1, -0.05) is 31.2 Å². The minimum absolute atomic E-state index is 0.428. The highest BCUT2D eigenvalue weighted by Gasteiger charge is 2.10. The first-order chi connectivity index (χ1) is 10.7. The van der Waals surface area contributed by atoms with Crippen LogP contribution in [0.4, 0.5) is 0 Å². The molecular weight excluding hydrogens is 296 g/mol. The number of benzene rings is 1. The summed E-state index contributed by atoms with van der Waals surface area (Å²) in [5.74, 6) is 0.579. The maximum absolute atomic E-state index is 5.23. The summed E-state index contributed by atoms with van der Waals surface area (Å²) < 4.78 is 2.00. The molecule has 0 spiro atoms. The molecule has 0 saturated carbocycles. The van der Waals surface area contributed by atoms with E-state index in [1.165, 1.54) is 5.56 Å². The van der Waals surface area contributed by atoms with Gasteiger partial charge in [-0.15, -0.1) is 0 Å². The molecular formula is C15H16N6S. The Balaban J connectivity index is 1.93. The number of nitrogens with one attached hydrogen (secondary N) is 2. The van der Waals surface area contributed by atoms with Crippen molar-refractivity contribution in [2.75, 3.05) is 0 Å². The maximum atomic E-state index is 5.23. The number of aromatic nitrogens is 5. The van der Waals surface area contributed by atoms with Crippen molar-refractivity contribution in [1.29, 1.82) is 0 Å². The summed E-state index contributed by atoms with van der Waals surface area (Å²) >= 11 is 5.23. The summed E-state index contributed by atoms with van der Waals surface area (Å²) in [5, 5.41) is 18.4. The van der Waals surface area contributed by atoms with Gasteiger partial charge in [0.25, 0.3) is 0 Å². The third-order valence-electron chi connectivity index (χ3n) is 3.30. The minimum Gasteiger partial charge on any atom is -0.282 e. The van der Waals surface area contributed by atoms with E-state index in [1.807, 2.05) is 25.1 Å². The van der Waals surface area contributed by atoms with Crippen LogP contribution in [0.25, 0.3) is 11.5 Å². The molecule has 0 aliphatic carbocycles. The molecule has 1 aromatic carbocycles. The van der Waals surface area contributed by atoms with Crippen molar-refractivity contribution >= 4 is 18.4 Å². The predicted molar refractivity (Wildman–Crippen MR) is 88.5 cm³/mol. The summed E-state index contributed by atoms with van der Waals surface area (Å²) in [6.07, 6.45) is 2.78. The van der Waals surface area contributed by atoms with Crippen molar-refractivity contribution in [1.82, 2.24) is 25.1 Å². The number of hydrogen-bond donors (Lipinski definition) is 2. The molecule has 0 aliphatic rings. The summed E-state index contributed by atoms with van der Waals surface area (Å²) in [7, 11) is 0. The third kappa shape index (κ3) is 2.89. The van der Waals surface area contributed by atoms with Crippen LogP contribution in [0.15, 0.2) is 35.4 Å². The van der Waals surface area contributed by atoms with Crippen molar-refractivity contribution in [3.8, 4) is 11.5 Å². The van der Waals surface area contributed by atoms with Gasteiger partial charge in [0.1, 0.15) is 5.69 Å². The Morgan fingerprint density at radius 2 is 2.00 bits per heavy atom. The van der Waals surface area contributed by atoms with Crippen LogP contribution in [-0.4, -0.2) is 31.3 Å². The molecule has 7 heteroatoms. The van der Waals surface area contributed by atoms with E-state index >= 15 is 0 Å². The first-order valence-electron chi connectivity index (χ1n) is 7.00. The normalized spacial score (nSPS) is 11.4. The second kappa shape index (κ2) is 6.07. The number of H-pyrrole nitrogens is 2. The summed E-state index contributed by atoms with van der Waals surface area (Å²) in [4.78, 5) is 0. The zero-order chi connectivity index (χ0) is 15.5. The molecule has 2 N–H and O–H groups in total. The fourth-order valence-electron chi connectivity index (χ4n) is 2.06. The summed E-state index contributed by atoms with van der Waals surface area (Å²) in [6, 6.07) is 10.1. The lowest BCUT2D eigenvalue weighted by molar-refractivity contribution is 0.865. The molecule has 0 aliphatic heterocycles. The molecule has 0 radical (unpaired) electrons. The van der Waals surface area contributed by atoms with E-state index in [1.54, 1.807) is 10.9 Å². The first kappa shape index (κ1) is 14.4. The number of hydrogen-bond acceptors (Lipinski definition) is 4. The number of nitrogens with zero attached hydrogens (tertiary/aromatic N) is 4. The highest BCUT2D eigenvalue weighted by molar-refractivity contribution is 7.71. The molecule has 0 unspecified atom stereocenters. The van der Waals surface area contributed by atoms with Crippen LogP contribution in [0.3, 0.4) is 0 Å². The van der Waals surface area contributed by atoms with Gasteiger partial charge >= 0.3 is 0 Å². The number of aryl methyl sites for hydroxylation is 2. The SMILES string of the molecule is CCc1ccc(/C=N/n2c(-c3cc(C)[nH]n3)n[nH]c2=S)cc1. The highest BCUT2D eigenvalue weighted by Crippen LogP contribution is 2.15. The van der Waals surface area contributed by atoms with E-state index in [-0.39, 0.29) is 0 Å². The van der Waals surface area contributed by atoms with Crippen LogP contribution in [0.2, 0.25) is 0 Å². The fraction of sp³-hybridized carbons (Fsp3) is 0.200. The van der Waals surface area contributed by atoms with Crippen LogP contribution in [-0.2, 0) is 6.42 Å². The van der Waals surface area contributed by atoms with Crippen molar-refractivity contribution in [2.24, 2.45) is 5.10 Å². The average molecular weight is 312 g/mol. The van der Waals surface area contributed by atoms with Gasteiger partial charge in [0.15, 0.2) is 0 Å². The van der Waals surface area contributed by atoms with Gasteiger partial charge in [0.05, 0.1) is 6.21 Å². The Kier molecular flexibility index (Phi) is 3.97. The Morgan fingerprint density at radius 3 is 2.64 bits per heavy atom. The van der Waals surface area contributed by atoms with E-state index in [9.17, 15) is 0 Å². The van der Waals surface area contributed by atoms with Crippen molar-refractivity contribution in [2.45, 2.75) is 20.3 Å². The van der Waals surface area contributed by atoms with Gasteiger partial charge in [0, 0.05) is 5.69 Å². The van der Waals surface area contributed by atoms with Crippen LogP contribution in [0.1, 0.15) is 23.7 Å². The smallest absolute Gasteiger partial charge is 0.216 e. The van der Waals surface area contributed by atoms with Crippen LogP contribution >= 0.6 is 12.2 Å². The second-order valence-electron chi connectivity index (χ2n) is 4.94. The molecule has 2 heterocycles. The Bertz CT molecular complexity index is 853. The van der Waals surface area contributed by atoms with E-state index in [2.05, 4.69) is 44.6 Å². The first-order valence-corrected chi connectivity index (χ1v) is 7.41. The van der Waals surface area contributed by atoms with E-state index in [0.717, 1.165) is 17.7 Å². The van der Waals surface area contributed by atoms with Gasteiger partial charge < -0.3 is 0 Å². The standard InChI is InChI=1S/C15H16N6S/c1-3-11-4-6-12(7-5-11)9-16-21-14(19-20-15(21)22)13-8-10(2)17-18-13/h4-9H,3H2,1-2H3,(H,17,18)(H,20,22)/b16-9+. The van der Waals surface area contributed by atoms with Crippen molar-refractivity contribution in [3.05, 3.63) is 51.9 Å². The van der Waals surface area contributed by atoms with Gasteiger partial charge in [-0.2, -0.15) is 20.0 Å². The van der Waals surface area contributed by atoms with Gasteiger partial charge in [-0.25, -0.2) is 5.10 Å². The van der Waals surface area contributed by atoms with Crippen LogP contribution in [0, 0.1) is 11.7 Å². The van der Waals surface area contributed by atoms with Crippen LogP contribution in [0.5, 0.6) is 0 Å². The molecule has 3 rings (SSSR count). The monoisotopic (exact) mass is 312 g/mol. The minimum atomic E-state index is 0.428. The summed E-state index contributed by atoms with van der Waals surface area (Å²) in [6.45, 7) is 4.06.